The van der Waals surface area contributed by atoms with Crippen molar-refractivity contribution in [1.29, 1.82) is 0 Å². The Morgan fingerprint density at radius 1 is 1.11 bits per heavy atom. The van der Waals surface area contributed by atoms with E-state index in [1.54, 1.807) is 10.9 Å². The van der Waals surface area contributed by atoms with Gasteiger partial charge in [0.1, 0.15) is 0 Å². The normalized spacial score (nSPS) is 17.5. The van der Waals surface area contributed by atoms with Gasteiger partial charge in [-0.15, -0.1) is 0 Å². The maximum absolute atomic E-state index is 12.8. The van der Waals surface area contributed by atoms with Crippen molar-refractivity contribution in [3.8, 4) is 5.69 Å². The van der Waals surface area contributed by atoms with Crippen LogP contribution in [0.1, 0.15) is 19.3 Å². The van der Waals surface area contributed by atoms with Crippen molar-refractivity contribution in [1.82, 2.24) is 24.5 Å². The average molecular weight is 378 g/mol. The lowest BCUT2D eigenvalue weighted by molar-refractivity contribution is -0.121. The van der Waals surface area contributed by atoms with Gasteiger partial charge in [0.05, 0.1) is 11.6 Å². The Morgan fingerprint density at radius 3 is 2.82 bits per heavy atom. The molecule has 1 saturated heterocycles. The van der Waals surface area contributed by atoms with Crippen LogP contribution in [0.25, 0.3) is 5.69 Å². The van der Waals surface area contributed by atoms with Crippen molar-refractivity contribution in [3.05, 3.63) is 61.2 Å². The van der Waals surface area contributed by atoms with Crippen LogP contribution in [0.4, 0.5) is 5.69 Å². The van der Waals surface area contributed by atoms with Crippen molar-refractivity contribution in [3.63, 3.8) is 0 Å². The molecule has 0 unspecified atom stereocenters. The molecule has 0 saturated carbocycles. The van der Waals surface area contributed by atoms with Crippen molar-refractivity contribution in [2.24, 2.45) is 5.92 Å². The van der Waals surface area contributed by atoms with Crippen LogP contribution in [-0.4, -0.2) is 50.0 Å². The number of benzene rings is 1. The molecule has 28 heavy (non-hydrogen) atoms. The Balaban J connectivity index is 1.30. The summed E-state index contributed by atoms with van der Waals surface area (Å²) < 4.78 is 3.75. The van der Waals surface area contributed by atoms with E-state index in [0.717, 1.165) is 56.8 Å². The third-order valence-electron chi connectivity index (χ3n) is 5.18. The molecular weight excluding hydrogens is 352 g/mol. The molecular formula is C21H26N6O. The number of aryl methyl sites for hydroxylation is 1. The Kier molecular flexibility index (Phi) is 5.82. The minimum absolute atomic E-state index is 0.0341. The van der Waals surface area contributed by atoms with E-state index in [-0.39, 0.29) is 11.8 Å². The van der Waals surface area contributed by atoms with Crippen molar-refractivity contribution < 1.29 is 4.79 Å². The fraction of sp³-hybridized carbons (Fsp3) is 0.381. The van der Waals surface area contributed by atoms with Gasteiger partial charge in [-0.1, -0.05) is 6.07 Å². The molecule has 7 heteroatoms. The number of carbonyl (C=O) groups excluding carboxylic acids is 1. The first-order valence-corrected chi connectivity index (χ1v) is 9.89. The summed E-state index contributed by atoms with van der Waals surface area (Å²) in [4.78, 5) is 15.2. The summed E-state index contributed by atoms with van der Waals surface area (Å²) in [5.41, 5.74) is 1.75. The van der Waals surface area contributed by atoms with Gasteiger partial charge < -0.3 is 10.2 Å². The Bertz CT molecular complexity index is 874. The summed E-state index contributed by atoms with van der Waals surface area (Å²) in [6.07, 6.45) is 10.5. The molecule has 0 spiro atoms. The van der Waals surface area contributed by atoms with Gasteiger partial charge in [0.15, 0.2) is 0 Å². The topological polar surface area (TPSA) is 68.0 Å². The summed E-state index contributed by atoms with van der Waals surface area (Å²) in [6, 6.07) is 11.6. The number of nitrogens with zero attached hydrogens (tertiary/aromatic N) is 5. The fourth-order valence-electron chi connectivity index (χ4n) is 3.75. The van der Waals surface area contributed by atoms with Crippen molar-refractivity contribution in [2.75, 3.05) is 25.0 Å². The number of amides is 1. The lowest BCUT2D eigenvalue weighted by Crippen LogP contribution is -2.41. The molecule has 1 amide bonds. The van der Waals surface area contributed by atoms with Gasteiger partial charge in [0.2, 0.25) is 5.91 Å². The molecule has 1 aliphatic rings. The molecule has 1 N–H and O–H groups in total. The molecule has 7 nitrogen and oxygen atoms in total. The first-order chi connectivity index (χ1) is 13.8. The zero-order valence-electron chi connectivity index (χ0n) is 15.9. The maximum Gasteiger partial charge on any atom is 0.228 e. The van der Waals surface area contributed by atoms with Gasteiger partial charge in [-0.3, -0.25) is 9.48 Å². The van der Waals surface area contributed by atoms with Gasteiger partial charge >= 0.3 is 0 Å². The van der Waals surface area contributed by atoms with Gasteiger partial charge in [0, 0.05) is 43.6 Å². The van der Waals surface area contributed by atoms with Crippen LogP contribution in [0.2, 0.25) is 0 Å². The summed E-state index contributed by atoms with van der Waals surface area (Å²) >= 11 is 0. The highest BCUT2D eigenvalue weighted by Crippen LogP contribution is 2.20. The van der Waals surface area contributed by atoms with E-state index in [1.807, 2.05) is 59.7 Å². The molecule has 0 radical (unpaired) electrons. The smallest absolute Gasteiger partial charge is 0.228 e. The molecule has 0 bridgehead atoms. The first-order valence-electron chi connectivity index (χ1n) is 9.89. The average Bonchev–Trinajstić information content (AvgIpc) is 3.43. The van der Waals surface area contributed by atoms with E-state index in [1.165, 1.54) is 0 Å². The number of anilines is 1. The number of piperidine rings is 1. The summed E-state index contributed by atoms with van der Waals surface area (Å²) in [5.74, 6) is 0.140. The second-order valence-corrected chi connectivity index (χ2v) is 7.25. The molecule has 1 fully saturated rings. The lowest BCUT2D eigenvalue weighted by atomic mass is 9.97. The summed E-state index contributed by atoms with van der Waals surface area (Å²) in [7, 11) is 0. The predicted octanol–water partition coefficient (Wildman–Crippen LogP) is 2.81. The van der Waals surface area contributed by atoms with Crippen molar-refractivity contribution >= 4 is 11.6 Å². The number of rotatable bonds is 7. The number of carbonyl (C=O) groups is 1. The van der Waals surface area contributed by atoms with Gasteiger partial charge in [-0.25, -0.2) is 4.68 Å². The predicted molar refractivity (Wildman–Crippen MR) is 108 cm³/mol. The number of aromatic nitrogens is 4. The second-order valence-electron chi connectivity index (χ2n) is 7.25. The molecule has 1 aromatic carbocycles. The molecule has 4 rings (SSSR count). The zero-order chi connectivity index (χ0) is 19.2. The minimum Gasteiger partial charge on any atom is -0.326 e. The van der Waals surface area contributed by atoms with Gasteiger partial charge in [0.25, 0.3) is 0 Å². The van der Waals surface area contributed by atoms with Crippen LogP contribution in [0.3, 0.4) is 0 Å². The first kappa shape index (κ1) is 18.4. The van der Waals surface area contributed by atoms with Crippen LogP contribution >= 0.6 is 0 Å². The zero-order valence-corrected chi connectivity index (χ0v) is 15.9. The van der Waals surface area contributed by atoms with Gasteiger partial charge in [-0.2, -0.15) is 10.2 Å². The summed E-state index contributed by atoms with van der Waals surface area (Å²) in [6.45, 7) is 3.81. The van der Waals surface area contributed by atoms with E-state index in [0.29, 0.717) is 0 Å². The molecule has 0 aliphatic carbocycles. The van der Waals surface area contributed by atoms with Gasteiger partial charge in [-0.05, 0) is 62.7 Å². The summed E-state index contributed by atoms with van der Waals surface area (Å²) in [5, 5.41) is 11.6. The van der Waals surface area contributed by atoms with Crippen LogP contribution in [0.5, 0.6) is 0 Å². The Hall–Kier alpha value is -2.93. The highest BCUT2D eigenvalue weighted by Gasteiger charge is 2.25. The Labute approximate surface area is 165 Å². The molecule has 2 aromatic heterocycles. The lowest BCUT2D eigenvalue weighted by Gasteiger charge is -2.32. The third kappa shape index (κ3) is 4.67. The molecule has 3 heterocycles. The maximum atomic E-state index is 12.8. The van der Waals surface area contributed by atoms with Crippen molar-refractivity contribution in [2.45, 2.75) is 25.8 Å². The molecule has 1 atom stereocenters. The SMILES string of the molecule is O=C(Nc1cccc(-n2cccn2)c1)[C@@H]1CCCN(CCCn2cccn2)C1. The third-order valence-corrected chi connectivity index (χ3v) is 5.18. The standard InChI is InChI=1S/C21H26N6O/c28-21(24-19-7-1-8-20(16-19)27-15-4-10-23-27)18-6-2-11-25(17-18)12-5-14-26-13-3-9-22-26/h1,3-4,7-10,13,15-16,18H,2,5-6,11-12,14,17H2,(H,24,28)/t18-/m1/s1. The van der Waals surface area contributed by atoms with Crippen LogP contribution < -0.4 is 5.32 Å². The monoisotopic (exact) mass is 378 g/mol. The van der Waals surface area contributed by atoms with Crippen LogP contribution in [0.15, 0.2) is 61.2 Å². The van der Waals surface area contributed by atoms with E-state index in [4.69, 9.17) is 0 Å². The number of hydrogen-bond donors (Lipinski definition) is 1. The van der Waals surface area contributed by atoms with E-state index in [9.17, 15) is 4.79 Å². The molecule has 1 aliphatic heterocycles. The van der Waals surface area contributed by atoms with E-state index in [2.05, 4.69) is 20.4 Å². The van der Waals surface area contributed by atoms with Crippen LogP contribution in [-0.2, 0) is 11.3 Å². The minimum atomic E-state index is 0.0341. The largest absolute Gasteiger partial charge is 0.326 e. The fourth-order valence-corrected chi connectivity index (χ4v) is 3.75. The number of nitrogens with one attached hydrogen (secondary N) is 1. The molecule has 146 valence electrons. The van der Waals surface area contributed by atoms with E-state index < -0.39 is 0 Å². The van der Waals surface area contributed by atoms with Crippen LogP contribution in [0, 0.1) is 5.92 Å². The molecule has 3 aromatic rings. The van der Waals surface area contributed by atoms with E-state index >= 15 is 0 Å². The Morgan fingerprint density at radius 2 is 2.00 bits per heavy atom. The number of likely N-dealkylation sites (tertiary alicyclic amines) is 1. The second kappa shape index (κ2) is 8.84. The quantitative estimate of drug-likeness (QED) is 0.686. The number of hydrogen-bond acceptors (Lipinski definition) is 4. The highest BCUT2D eigenvalue weighted by molar-refractivity contribution is 5.93. The highest BCUT2D eigenvalue weighted by atomic mass is 16.1.